The summed E-state index contributed by atoms with van der Waals surface area (Å²) in [5.41, 5.74) is -0.258. The van der Waals surface area contributed by atoms with Gasteiger partial charge in [0.05, 0.1) is 12.2 Å². The van der Waals surface area contributed by atoms with E-state index in [0.29, 0.717) is 35.9 Å². The molecule has 1 N–H and O–H groups in total. The first-order valence-electron chi connectivity index (χ1n) is 16.6. The van der Waals surface area contributed by atoms with Crippen LogP contribution in [-0.2, 0) is 14.3 Å². The molecule has 0 bridgehead atoms. The number of carbonyl (C=O) groups is 2. The summed E-state index contributed by atoms with van der Waals surface area (Å²) in [6.07, 6.45) is 22.7. The molecule has 4 nitrogen and oxygen atoms in total. The van der Waals surface area contributed by atoms with E-state index in [-0.39, 0.29) is 11.9 Å². The van der Waals surface area contributed by atoms with Crippen molar-refractivity contribution in [1.29, 1.82) is 0 Å². The maximum atomic E-state index is 12.5. The fraction of sp³-hybridized carbons (Fsp3) is 0.941. The number of aliphatic hydroxyl groups is 1. The van der Waals surface area contributed by atoms with Gasteiger partial charge in [-0.2, -0.15) is 11.8 Å². The van der Waals surface area contributed by atoms with Crippen molar-refractivity contribution in [2.75, 3.05) is 12.4 Å². The molecule has 0 aromatic rings. The van der Waals surface area contributed by atoms with Gasteiger partial charge in [0.1, 0.15) is 5.78 Å². The fourth-order valence-corrected chi connectivity index (χ4v) is 7.12. The Morgan fingerprint density at radius 2 is 1.44 bits per heavy atom. The molecular weight excluding hydrogens is 504 g/mol. The Kier molecular flexibility index (Phi) is 19.8. The highest BCUT2D eigenvalue weighted by molar-refractivity contribution is 8.00. The lowest BCUT2D eigenvalue weighted by Crippen LogP contribution is -2.29. The first kappa shape index (κ1) is 36.5. The van der Waals surface area contributed by atoms with E-state index in [1.807, 2.05) is 18.7 Å². The van der Waals surface area contributed by atoms with E-state index in [4.69, 9.17) is 4.74 Å². The highest BCUT2D eigenvalue weighted by atomic mass is 32.2. The van der Waals surface area contributed by atoms with Crippen LogP contribution >= 0.6 is 11.8 Å². The van der Waals surface area contributed by atoms with Crippen LogP contribution < -0.4 is 0 Å². The molecule has 5 heteroatoms. The minimum Gasteiger partial charge on any atom is -0.466 e. The third kappa shape index (κ3) is 20.0. The molecule has 0 aromatic carbocycles. The van der Waals surface area contributed by atoms with E-state index in [1.165, 1.54) is 57.8 Å². The summed E-state index contributed by atoms with van der Waals surface area (Å²) in [5, 5.41) is 11.2. The van der Waals surface area contributed by atoms with Gasteiger partial charge in [0.2, 0.25) is 0 Å². The van der Waals surface area contributed by atoms with Gasteiger partial charge in [0.25, 0.3) is 0 Å². The second-order valence-corrected chi connectivity index (χ2v) is 15.0. The Morgan fingerprint density at radius 1 is 0.846 bits per heavy atom. The highest BCUT2D eigenvalue weighted by Gasteiger charge is 2.35. The van der Waals surface area contributed by atoms with Gasteiger partial charge in [-0.25, -0.2) is 0 Å². The number of esters is 1. The third-order valence-corrected chi connectivity index (χ3v) is 9.98. The Hall–Kier alpha value is -0.550. The Bertz CT molecular complexity index is 640. The number of ketones is 1. The standard InChI is InChI=1S/C34H64O4S/c1-6-7-8-9-10-11-14-20-27-38-32(36)22-17-13-12-16-21-29-30(35)23-24-31(29)39-28-34(5,37)26-19-15-18-25-33(2,3)4/h29,31,37H,6-28H2,1-5H3. The zero-order valence-electron chi connectivity index (χ0n) is 26.5. The molecule has 39 heavy (non-hydrogen) atoms. The van der Waals surface area contributed by atoms with Crippen LogP contribution in [0.3, 0.4) is 0 Å². The molecule has 230 valence electrons. The minimum absolute atomic E-state index is 0.0540. The fourth-order valence-electron chi connectivity index (χ4n) is 5.60. The summed E-state index contributed by atoms with van der Waals surface area (Å²) in [7, 11) is 0. The van der Waals surface area contributed by atoms with Crippen molar-refractivity contribution < 1.29 is 19.4 Å². The van der Waals surface area contributed by atoms with Gasteiger partial charge in [-0.05, 0) is 50.9 Å². The Balaban J connectivity index is 2.09. The van der Waals surface area contributed by atoms with Crippen LogP contribution in [0.1, 0.15) is 169 Å². The molecule has 0 spiro atoms. The molecule has 1 rings (SSSR count). The van der Waals surface area contributed by atoms with Crippen LogP contribution in [0, 0.1) is 11.3 Å². The van der Waals surface area contributed by atoms with Crippen LogP contribution in [0.4, 0.5) is 0 Å². The van der Waals surface area contributed by atoms with Gasteiger partial charge in [0, 0.05) is 29.8 Å². The van der Waals surface area contributed by atoms with Crippen molar-refractivity contribution in [3.8, 4) is 0 Å². The SMILES string of the molecule is CCCCCCCCCCOC(=O)CCCCCCC1C(=O)CCC1SCC(C)(O)CCCCCC(C)(C)C. The first-order valence-corrected chi connectivity index (χ1v) is 17.6. The zero-order chi connectivity index (χ0) is 29.0. The lowest BCUT2D eigenvalue weighted by Gasteiger charge is -2.26. The molecule has 0 heterocycles. The largest absolute Gasteiger partial charge is 0.466 e. The third-order valence-electron chi connectivity index (χ3n) is 8.20. The van der Waals surface area contributed by atoms with Gasteiger partial charge in [0.15, 0.2) is 0 Å². The van der Waals surface area contributed by atoms with Crippen LogP contribution in [0.2, 0.25) is 0 Å². The van der Waals surface area contributed by atoms with Crippen LogP contribution in [0.15, 0.2) is 0 Å². The monoisotopic (exact) mass is 568 g/mol. The van der Waals surface area contributed by atoms with Crippen LogP contribution in [0.5, 0.6) is 0 Å². The second kappa shape index (κ2) is 21.2. The molecule has 1 fully saturated rings. The van der Waals surface area contributed by atoms with Crippen molar-refractivity contribution in [2.24, 2.45) is 11.3 Å². The zero-order valence-corrected chi connectivity index (χ0v) is 27.3. The molecular formula is C34H64O4S. The van der Waals surface area contributed by atoms with E-state index >= 15 is 0 Å². The van der Waals surface area contributed by atoms with Crippen molar-refractivity contribution in [2.45, 2.75) is 180 Å². The maximum Gasteiger partial charge on any atom is 0.305 e. The first-order chi connectivity index (χ1) is 18.5. The molecule has 1 aliphatic rings. The highest BCUT2D eigenvalue weighted by Crippen LogP contribution is 2.38. The summed E-state index contributed by atoms with van der Waals surface area (Å²) >= 11 is 1.83. The molecule has 1 aliphatic carbocycles. The van der Waals surface area contributed by atoms with Gasteiger partial charge in [-0.1, -0.05) is 111 Å². The van der Waals surface area contributed by atoms with Crippen molar-refractivity contribution in [3.63, 3.8) is 0 Å². The molecule has 1 saturated carbocycles. The average molecular weight is 569 g/mol. The van der Waals surface area contributed by atoms with Crippen molar-refractivity contribution in [3.05, 3.63) is 0 Å². The average Bonchev–Trinajstić information content (AvgIpc) is 3.22. The summed E-state index contributed by atoms with van der Waals surface area (Å²) in [6.45, 7) is 11.6. The molecule has 0 aliphatic heterocycles. The number of hydrogen-bond donors (Lipinski definition) is 1. The van der Waals surface area contributed by atoms with Crippen molar-refractivity contribution >= 4 is 23.5 Å². The number of unbranched alkanes of at least 4 members (excludes halogenated alkanes) is 12. The number of hydrogen-bond acceptors (Lipinski definition) is 5. The number of thioether (sulfide) groups is 1. The van der Waals surface area contributed by atoms with Crippen LogP contribution in [0.25, 0.3) is 0 Å². The normalized spacial score (nSPS) is 19.4. The Morgan fingerprint density at radius 3 is 2.13 bits per heavy atom. The van der Waals surface area contributed by atoms with Crippen LogP contribution in [-0.4, -0.2) is 40.1 Å². The predicted molar refractivity (Wildman–Crippen MR) is 168 cm³/mol. The lowest BCUT2D eigenvalue weighted by atomic mass is 9.89. The van der Waals surface area contributed by atoms with E-state index < -0.39 is 5.60 Å². The molecule has 0 amide bonds. The summed E-state index contributed by atoms with van der Waals surface area (Å²) in [4.78, 5) is 24.5. The maximum absolute atomic E-state index is 12.5. The van der Waals surface area contributed by atoms with E-state index in [9.17, 15) is 14.7 Å². The predicted octanol–water partition coefficient (Wildman–Crippen LogP) is 9.84. The number of rotatable bonds is 24. The van der Waals surface area contributed by atoms with Gasteiger partial charge in [-0.15, -0.1) is 0 Å². The van der Waals surface area contributed by atoms with E-state index in [2.05, 4.69) is 27.7 Å². The van der Waals surface area contributed by atoms with E-state index in [1.54, 1.807) is 0 Å². The van der Waals surface area contributed by atoms with Gasteiger partial charge in [-0.3, -0.25) is 9.59 Å². The quantitative estimate of drug-likeness (QED) is 0.0927. The summed E-state index contributed by atoms with van der Waals surface area (Å²) in [5.74, 6) is 1.23. The van der Waals surface area contributed by atoms with Crippen molar-refractivity contribution in [1.82, 2.24) is 0 Å². The number of carbonyl (C=O) groups excluding carboxylic acids is 2. The number of Topliss-reactive ketones (excluding diaryl/α,β-unsaturated/α-hetero) is 1. The van der Waals surface area contributed by atoms with Gasteiger partial charge < -0.3 is 9.84 Å². The smallest absolute Gasteiger partial charge is 0.305 e. The molecule has 0 aromatic heterocycles. The topological polar surface area (TPSA) is 63.6 Å². The summed E-state index contributed by atoms with van der Waals surface area (Å²) < 4.78 is 5.40. The molecule has 3 atom stereocenters. The van der Waals surface area contributed by atoms with Gasteiger partial charge >= 0.3 is 5.97 Å². The molecule has 0 saturated heterocycles. The van der Waals surface area contributed by atoms with E-state index in [0.717, 1.165) is 70.0 Å². The minimum atomic E-state index is -0.647. The summed E-state index contributed by atoms with van der Waals surface area (Å²) in [6, 6.07) is 0. The number of ether oxygens (including phenoxy) is 1. The lowest BCUT2D eigenvalue weighted by molar-refractivity contribution is -0.143. The molecule has 3 unspecified atom stereocenters. The Labute approximate surface area is 246 Å². The second-order valence-electron chi connectivity index (χ2n) is 13.7. The molecule has 0 radical (unpaired) electrons.